The molecular weight excluding hydrogens is 525 g/mol. The Labute approximate surface area is 210 Å². The number of rotatable bonds is 2. The van der Waals surface area contributed by atoms with E-state index in [0.717, 1.165) is 4.44 Å². The first-order chi connectivity index (χ1) is 16.5. The van der Waals surface area contributed by atoms with E-state index < -0.39 is 14.0 Å². The van der Waals surface area contributed by atoms with Gasteiger partial charge in [0.25, 0.3) is 0 Å². The molecule has 0 saturated carbocycles. The van der Waals surface area contributed by atoms with Crippen molar-refractivity contribution in [1.82, 2.24) is 10.2 Å². The van der Waals surface area contributed by atoms with Crippen LogP contribution in [-0.4, -0.2) is 51.5 Å². The number of nitrogens with zero attached hydrogens (tertiary/aromatic N) is 2. The number of anilines is 3. The van der Waals surface area contributed by atoms with Crippen LogP contribution in [0.4, 0.5) is 15.9 Å². The average molecular weight is 549 g/mol. The number of para-hydroxylation sites is 2. The third-order valence-corrected chi connectivity index (χ3v) is 15.0. The van der Waals surface area contributed by atoms with Gasteiger partial charge in [0.1, 0.15) is 0 Å². The van der Waals surface area contributed by atoms with Gasteiger partial charge in [-0.25, -0.2) is 0 Å². The van der Waals surface area contributed by atoms with E-state index >= 15 is 0 Å². The monoisotopic (exact) mass is 549 g/mol. The molecule has 2 aromatic carbocycles. The minimum atomic E-state index is -1.74. The van der Waals surface area contributed by atoms with Crippen molar-refractivity contribution in [2.75, 3.05) is 11.9 Å². The van der Waals surface area contributed by atoms with Gasteiger partial charge in [-0.15, -0.1) is 0 Å². The molecule has 1 aromatic heterocycles. The van der Waals surface area contributed by atoms with Crippen molar-refractivity contribution in [1.29, 1.82) is 0 Å². The van der Waals surface area contributed by atoms with Gasteiger partial charge in [-0.05, 0) is 0 Å². The fraction of sp³-hybridized carbons (Fsp3) is 0.192. The summed E-state index contributed by atoms with van der Waals surface area (Å²) in [6, 6.07) is 24.7. The van der Waals surface area contributed by atoms with Crippen LogP contribution in [0.2, 0.25) is 12.1 Å². The molecule has 2 saturated heterocycles. The number of benzene rings is 2. The van der Waals surface area contributed by atoms with Crippen LogP contribution in [0.25, 0.3) is 6.08 Å². The van der Waals surface area contributed by atoms with Crippen molar-refractivity contribution >= 4 is 84.1 Å². The molecule has 1 N–H and O–H groups in total. The summed E-state index contributed by atoms with van der Waals surface area (Å²) < 4.78 is 2.21. The second-order valence-corrected chi connectivity index (χ2v) is 15.9. The van der Waals surface area contributed by atoms with Crippen molar-refractivity contribution in [3.05, 3.63) is 70.7 Å². The van der Waals surface area contributed by atoms with Crippen molar-refractivity contribution in [3.8, 4) is 0 Å². The van der Waals surface area contributed by atoms with E-state index in [1.54, 1.807) is 23.5 Å². The number of carbonyl (C=O) groups excluding carboxylic acids is 2. The van der Waals surface area contributed by atoms with Gasteiger partial charge in [0.15, 0.2) is 0 Å². The van der Waals surface area contributed by atoms with Gasteiger partial charge in [-0.2, -0.15) is 0 Å². The molecule has 1 spiro atoms. The third-order valence-electron chi connectivity index (χ3n) is 7.20. The van der Waals surface area contributed by atoms with E-state index in [1.807, 2.05) is 6.07 Å². The van der Waals surface area contributed by atoms with Crippen LogP contribution in [0.15, 0.2) is 66.2 Å². The average Bonchev–Trinajstić information content (AvgIpc) is 3.52. The molecule has 170 valence electrons. The molecule has 0 radical (unpaired) electrons. The number of amides is 2. The van der Waals surface area contributed by atoms with Crippen molar-refractivity contribution in [3.63, 3.8) is 0 Å². The predicted octanol–water partition coefficient (Wildman–Crippen LogP) is 3.14. The van der Waals surface area contributed by atoms with Gasteiger partial charge in [-0.1, -0.05) is 0 Å². The van der Waals surface area contributed by atoms with Gasteiger partial charge in [0, 0.05) is 0 Å². The van der Waals surface area contributed by atoms with Crippen LogP contribution in [0.5, 0.6) is 0 Å². The number of hydrogen-bond acceptors (Lipinski definition) is 4. The van der Waals surface area contributed by atoms with Crippen LogP contribution < -0.4 is 20.6 Å². The Morgan fingerprint density at radius 2 is 1.56 bits per heavy atom. The standard InChI is InChI=1S/C26H23N3O2SSeSi/c1-28-25(31)18(24(30)27-26(28)32)16-17-12-13-23(33-17)29-19-8-2-4-10-21(19)34(14-6-7-15-34)22-11-5-3-9-20(22)29/h2-5,8-13,16H,6-7,14-15H2,1H3,(H,27,30,32)/b18-16+. The molecule has 5 nitrogen and oxygen atoms in total. The Hall–Kier alpha value is -2.77. The molecule has 3 aliphatic rings. The summed E-state index contributed by atoms with van der Waals surface area (Å²) in [4.78, 5) is 28.8. The molecule has 2 fully saturated rings. The fourth-order valence-corrected chi connectivity index (χ4v) is 13.4. The van der Waals surface area contributed by atoms with Crippen LogP contribution in [0.1, 0.15) is 17.3 Å². The van der Waals surface area contributed by atoms with Crippen LogP contribution in [-0.2, 0) is 9.59 Å². The number of thiocarbonyl (C=S) groups is 1. The second-order valence-electron chi connectivity index (χ2n) is 9.02. The van der Waals surface area contributed by atoms with Crippen molar-refractivity contribution in [2.24, 2.45) is 0 Å². The first kappa shape index (κ1) is 21.7. The number of likely N-dealkylation sites (N-methyl/N-ethyl adjacent to an activating group) is 1. The molecule has 8 heteroatoms. The zero-order chi connectivity index (χ0) is 23.4. The fourth-order valence-electron chi connectivity index (χ4n) is 5.60. The summed E-state index contributed by atoms with van der Waals surface area (Å²) in [7, 11) is -0.161. The van der Waals surface area contributed by atoms with Gasteiger partial charge in [0.2, 0.25) is 0 Å². The SMILES string of the molecule is CN1C(=O)/C(=C/c2ccc(N3c4ccccc4[Si]4(CCCC4)c4ccccc43)[se]2)C(=O)NC1=S. The van der Waals surface area contributed by atoms with Gasteiger partial charge in [0.05, 0.1) is 0 Å². The third kappa shape index (κ3) is 3.21. The molecular formula is C26H23N3O2SSeSi. The van der Waals surface area contributed by atoms with Crippen molar-refractivity contribution < 1.29 is 9.59 Å². The number of hydrogen-bond donors (Lipinski definition) is 1. The quantitative estimate of drug-likeness (QED) is 0.232. The summed E-state index contributed by atoms with van der Waals surface area (Å²) in [5.41, 5.74) is 2.75. The molecule has 2 amide bonds. The molecule has 6 rings (SSSR count). The Morgan fingerprint density at radius 3 is 2.21 bits per heavy atom. The predicted molar refractivity (Wildman–Crippen MR) is 143 cm³/mol. The Kier molecular flexibility index (Phi) is 5.22. The maximum absolute atomic E-state index is 12.7. The van der Waals surface area contributed by atoms with E-state index in [9.17, 15) is 9.59 Å². The van der Waals surface area contributed by atoms with Crippen LogP contribution in [0.3, 0.4) is 0 Å². The van der Waals surface area contributed by atoms with E-state index in [4.69, 9.17) is 12.2 Å². The van der Waals surface area contributed by atoms with E-state index in [-0.39, 0.29) is 31.1 Å². The Bertz CT molecular complexity index is 1340. The summed E-state index contributed by atoms with van der Waals surface area (Å²) in [6.45, 7) is 0. The minimum absolute atomic E-state index is 0.0496. The molecule has 0 atom stereocenters. The second kappa shape index (κ2) is 8.17. The molecule has 0 bridgehead atoms. The molecule has 34 heavy (non-hydrogen) atoms. The van der Waals surface area contributed by atoms with E-state index in [1.165, 1.54) is 45.8 Å². The summed E-state index contributed by atoms with van der Waals surface area (Å²) >= 11 is 5.01. The normalized spacial score (nSPS) is 20.0. The Balaban J connectivity index is 1.46. The summed E-state index contributed by atoms with van der Waals surface area (Å²) in [6.07, 6.45) is 4.36. The molecule has 0 unspecified atom stereocenters. The topological polar surface area (TPSA) is 52.7 Å². The van der Waals surface area contributed by atoms with Crippen LogP contribution >= 0.6 is 12.2 Å². The molecule has 3 aliphatic heterocycles. The maximum atomic E-state index is 12.7. The molecule has 0 aliphatic carbocycles. The van der Waals surface area contributed by atoms with Gasteiger partial charge in [-0.3, -0.25) is 0 Å². The van der Waals surface area contributed by atoms with E-state index in [0.29, 0.717) is 0 Å². The first-order valence-electron chi connectivity index (χ1n) is 11.4. The van der Waals surface area contributed by atoms with Crippen molar-refractivity contribution in [2.45, 2.75) is 24.9 Å². The number of fused-ring (bicyclic) bond motifs is 4. The van der Waals surface area contributed by atoms with Gasteiger partial charge >= 0.3 is 211 Å². The first-order valence-corrected chi connectivity index (χ1v) is 16.0. The van der Waals surface area contributed by atoms with Crippen LogP contribution in [0, 0.1) is 0 Å². The Morgan fingerprint density at radius 1 is 0.941 bits per heavy atom. The van der Waals surface area contributed by atoms with E-state index in [2.05, 4.69) is 64.8 Å². The van der Waals surface area contributed by atoms with Gasteiger partial charge < -0.3 is 0 Å². The zero-order valence-electron chi connectivity index (χ0n) is 18.7. The zero-order valence-corrected chi connectivity index (χ0v) is 22.2. The molecule has 3 aromatic rings. The molecule has 4 heterocycles. The summed E-state index contributed by atoms with van der Waals surface area (Å²) in [5.74, 6) is -0.789. The number of nitrogens with one attached hydrogen (secondary N) is 1. The number of carbonyl (C=O) groups is 2. The summed E-state index contributed by atoms with van der Waals surface area (Å²) in [5, 5.41) is 5.84.